The van der Waals surface area contributed by atoms with E-state index in [4.69, 9.17) is 20.9 Å². The van der Waals surface area contributed by atoms with Gasteiger partial charge in [0.15, 0.2) is 0 Å². The number of carbonyl (C=O) groups is 1. The van der Waals surface area contributed by atoms with Crippen molar-refractivity contribution in [2.24, 2.45) is 0 Å². The molecule has 1 aliphatic carbocycles. The van der Waals surface area contributed by atoms with Crippen molar-refractivity contribution in [2.75, 3.05) is 7.11 Å². The number of nitrogens with zero attached hydrogens (tertiary/aromatic N) is 1. The van der Waals surface area contributed by atoms with Crippen LogP contribution in [-0.2, 0) is 0 Å². The van der Waals surface area contributed by atoms with Crippen molar-refractivity contribution in [3.8, 4) is 22.9 Å². The average Bonchev–Trinajstić information content (AvgIpc) is 3.52. The van der Waals surface area contributed by atoms with Gasteiger partial charge in [-0.15, -0.1) is 0 Å². The maximum Gasteiger partial charge on any atom is 0.254 e. The highest BCUT2D eigenvalue weighted by molar-refractivity contribution is 6.34. The SMILES string of the molecule is COc1cc(C(=O)c2c(O)[nH]c3cc(Cl)c(-c4ccc(C5CCCC5)cc4)cc23)on1. The molecule has 1 aliphatic rings. The Morgan fingerprint density at radius 3 is 2.61 bits per heavy atom. The number of benzene rings is 2. The lowest BCUT2D eigenvalue weighted by molar-refractivity contribution is 0.0999. The molecule has 5 rings (SSSR count). The molecule has 0 spiro atoms. The van der Waals surface area contributed by atoms with E-state index in [-0.39, 0.29) is 23.1 Å². The maximum atomic E-state index is 13.0. The molecule has 0 saturated heterocycles. The van der Waals surface area contributed by atoms with E-state index in [1.54, 1.807) is 6.07 Å². The number of halogens is 1. The molecule has 0 bridgehead atoms. The number of hydrogen-bond donors (Lipinski definition) is 2. The lowest BCUT2D eigenvalue weighted by Gasteiger charge is -2.11. The Hall–Kier alpha value is -3.25. The molecule has 0 atom stereocenters. The van der Waals surface area contributed by atoms with Crippen LogP contribution in [0, 0.1) is 0 Å². The van der Waals surface area contributed by atoms with Gasteiger partial charge in [0.25, 0.3) is 5.88 Å². The predicted molar refractivity (Wildman–Crippen MR) is 118 cm³/mol. The number of methoxy groups -OCH3 is 1. The van der Waals surface area contributed by atoms with Gasteiger partial charge in [0.05, 0.1) is 29.3 Å². The number of hydrogen-bond acceptors (Lipinski definition) is 5. The molecule has 158 valence electrons. The van der Waals surface area contributed by atoms with E-state index in [0.717, 1.165) is 11.1 Å². The number of ketones is 1. The largest absolute Gasteiger partial charge is 0.494 e. The monoisotopic (exact) mass is 436 g/mol. The van der Waals surface area contributed by atoms with E-state index in [1.165, 1.54) is 44.4 Å². The number of rotatable bonds is 5. The third kappa shape index (κ3) is 3.47. The van der Waals surface area contributed by atoms with Crippen LogP contribution in [0.25, 0.3) is 22.0 Å². The number of H-pyrrole nitrogens is 1. The van der Waals surface area contributed by atoms with E-state index in [2.05, 4.69) is 34.4 Å². The second-order valence-corrected chi connectivity index (χ2v) is 8.30. The second-order valence-electron chi connectivity index (χ2n) is 7.89. The Morgan fingerprint density at radius 2 is 1.94 bits per heavy atom. The summed E-state index contributed by atoms with van der Waals surface area (Å²) in [5.74, 6) is 0.0561. The third-order valence-corrected chi connectivity index (χ3v) is 6.38. The Labute approximate surface area is 183 Å². The van der Waals surface area contributed by atoms with Crippen LogP contribution in [0.4, 0.5) is 0 Å². The first-order valence-corrected chi connectivity index (χ1v) is 10.6. The first-order chi connectivity index (χ1) is 15.0. The van der Waals surface area contributed by atoms with Crippen molar-refractivity contribution in [3.05, 3.63) is 64.4 Å². The van der Waals surface area contributed by atoms with E-state index in [1.807, 2.05) is 6.07 Å². The lowest BCUT2D eigenvalue weighted by atomic mass is 9.94. The molecule has 0 aliphatic heterocycles. The molecule has 0 radical (unpaired) electrons. The van der Waals surface area contributed by atoms with Gasteiger partial charge in [0, 0.05) is 10.9 Å². The van der Waals surface area contributed by atoms with Crippen molar-refractivity contribution in [1.29, 1.82) is 0 Å². The topological polar surface area (TPSA) is 88.4 Å². The molecule has 2 heterocycles. The summed E-state index contributed by atoms with van der Waals surface area (Å²) < 4.78 is 10.0. The summed E-state index contributed by atoms with van der Waals surface area (Å²) >= 11 is 6.55. The first-order valence-electron chi connectivity index (χ1n) is 10.2. The van der Waals surface area contributed by atoms with Gasteiger partial charge in [-0.3, -0.25) is 4.79 Å². The number of aromatic nitrogens is 2. The second kappa shape index (κ2) is 7.78. The number of carbonyl (C=O) groups excluding carboxylic acids is 1. The zero-order chi connectivity index (χ0) is 21.5. The van der Waals surface area contributed by atoms with Gasteiger partial charge in [0.1, 0.15) is 0 Å². The number of fused-ring (bicyclic) bond motifs is 1. The van der Waals surface area contributed by atoms with E-state index >= 15 is 0 Å². The van der Waals surface area contributed by atoms with Crippen LogP contribution in [0.1, 0.15) is 53.3 Å². The summed E-state index contributed by atoms with van der Waals surface area (Å²) in [7, 11) is 1.43. The van der Waals surface area contributed by atoms with Crippen molar-refractivity contribution in [3.63, 3.8) is 0 Å². The van der Waals surface area contributed by atoms with Gasteiger partial charge in [-0.25, -0.2) is 0 Å². The Balaban J connectivity index is 1.56. The summed E-state index contributed by atoms with van der Waals surface area (Å²) in [4.78, 5) is 15.8. The zero-order valence-corrected chi connectivity index (χ0v) is 17.7. The van der Waals surface area contributed by atoms with Gasteiger partial charge in [0.2, 0.25) is 17.4 Å². The third-order valence-electron chi connectivity index (χ3n) is 6.06. The normalized spacial score (nSPS) is 14.4. The molecule has 2 aromatic heterocycles. The highest BCUT2D eigenvalue weighted by Crippen LogP contribution is 2.39. The van der Waals surface area contributed by atoms with Crippen molar-refractivity contribution >= 4 is 28.3 Å². The summed E-state index contributed by atoms with van der Waals surface area (Å²) in [6, 6.07) is 13.4. The molecule has 6 nitrogen and oxygen atoms in total. The van der Waals surface area contributed by atoms with E-state index in [0.29, 0.717) is 21.8 Å². The minimum absolute atomic E-state index is 0.0227. The summed E-state index contributed by atoms with van der Waals surface area (Å²) in [6.45, 7) is 0. The molecule has 4 aromatic rings. The Morgan fingerprint density at radius 1 is 1.19 bits per heavy atom. The summed E-state index contributed by atoms with van der Waals surface area (Å²) in [5, 5.41) is 15.2. The van der Waals surface area contributed by atoms with Crippen LogP contribution in [0.2, 0.25) is 5.02 Å². The highest BCUT2D eigenvalue weighted by Gasteiger charge is 2.25. The average molecular weight is 437 g/mol. The molecule has 1 saturated carbocycles. The Bertz CT molecular complexity index is 1270. The van der Waals surface area contributed by atoms with E-state index in [9.17, 15) is 9.90 Å². The van der Waals surface area contributed by atoms with Gasteiger partial charge in [-0.1, -0.05) is 48.7 Å². The predicted octanol–water partition coefficient (Wildman–Crippen LogP) is 6.08. The van der Waals surface area contributed by atoms with Crippen LogP contribution in [-0.4, -0.2) is 28.1 Å². The van der Waals surface area contributed by atoms with Crippen LogP contribution in [0.5, 0.6) is 11.8 Å². The molecule has 1 fully saturated rings. The molecular weight excluding hydrogens is 416 g/mol. The van der Waals surface area contributed by atoms with Gasteiger partial charge >= 0.3 is 0 Å². The fourth-order valence-electron chi connectivity index (χ4n) is 4.43. The van der Waals surface area contributed by atoms with Crippen LogP contribution in [0.3, 0.4) is 0 Å². The lowest BCUT2D eigenvalue weighted by Crippen LogP contribution is -1.99. The Kier molecular flexibility index (Phi) is 4.94. The van der Waals surface area contributed by atoms with E-state index < -0.39 is 5.78 Å². The smallest absolute Gasteiger partial charge is 0.254 e. The molecular formula is C24H21ClN2O4. The van der Waals surface area contributed by atoms with Gasteiger partial charge in [-0.05, 0) is 47.2 Å². The fraction of sp³-hybridized carbons (Fsp3) is 0.250. The molecule has 0 unspecified atom stereocenters. The molecule has 7 heteroatoms. The summed E-state index contributed by atoms with van der Waals surface area (Å²) in [5.41, 5.74) is 3.76. The van der Waals surface area contributed by atoms with Crippen LogP contribution >= 0.6 is 11.6 Å². The standard InChI is InChI=1S/C24H21ClN2O4/c1-30-21-12-20(31-27-21)23(28)22-17-10-16(18(25)11-19(17)26-24(22)29)15-8-6-14(7-9-15)13-4-2-3-5-13/h6-13,26,29H,2-5H2,1H3. The molecule has 2 aromatic carbocycles. The quantitative estimate of drug-likeness (QED) is 0.370. The fourth-order valence-corrected chi connectivity index (χ4v) is 4.70. The minimum Gasteiger partial charge on any atom is -0.494 e. The highest BCUT2D eigenvalue weighted by atomic mass is 35.5. The molecule has 0 amide bonds. The zero-order valence-electron chi connectivity index (χ0n) is 16.9. The van der Waals surface area contributed by atoms with Crippen molar-refractivity contribution < 1.29 is 19.2 Å². The first kappa shape index (κ1) is 19.7. The number of aromatic amines is 1. The molecule has 31 heavy (non-hydrogen) atoms. The number of aromatic hydroxyl groups is 1. The number of ether oxygens (including phenoxy) is 1. The maximum absolute atomic E-state index is 13.0. The summed E-state index contributed by atoms with van der Waals surface area (Å²) in [6.07, 6.45) is 5.07. The molecule has 2 N–H and O–H groups in total. The van der Waals surface area contributed by atoms with Crippen molar-refractivity contribution in [2.45, 2.75) is 31.6 Å². The van der Waals surface area contributed by atoms with Gasteiger partial charge in [-0.2, -0.15) is 0 Å². The van der Waals surface area contributed by atoms with Crippen molar-refractivity contribution in [1.82, 2.24) is 10.1 Å². The van der Waals surface area contributed by atoms with Gasteiger partial charge < -0.3 is 19.4 Å². The minimum atomic E-state index is -0.496. The van der Waals surface area contributed by atoms with Crippen LogP contribution < -0.4 is 4.74 Å². The van der Waals surface area contributed by atoms with Crippen LogP contribution in [0.15, 0.2) is 47.0 Å². The number of nitrogens with one attached hydrogen (secondary N) is 1.